The topological polar surface area (TPSA) is 499 Å². The Labute approximate surface area is 629 Å². The van der Waals surface area contributed by atoms with Crippen LogP contribution in [-0.4, -0.2) is 148 Å². The first-order chi connectivity index (χ1) is 45.0. The van der Waals surface area contributed by atoms with E-state index >= 15 is 0 Å². The molecular formula is C63H87BCl4FN15NaO15P. The van der Waals surface area contributed by atoms with Crippen molar-refractivity contribution in [2.45, 2.75) is 101 Å². The zero-order chi connectivity index (χ0) is 74.3. The summed E-state index contributed by atoms with van der Waals surface area (Å²) in [6.07, 6.45) is 9.30. The average molecular weight is 1520 g/mol. The molecule has 8 rings (SSSR count). The van der Waals surface area contributed by atoms with Gasteiger partial charge in [-0.1, -0.05) is 169 Å². The molecule has 0 aliphatic rings. The number of nitrogens with zero attached hydrogens (tertiary/aromatic N) is 10. The van der Waals surface area contributed by atoms with E-state index in [1.807, 2.05) is 48.5 Å². The molecule has 101 heavy (non-hydrogen) atoms. The van der Waals surface area contributed by atoms with Crippen LogP contribution in [0.1, 0.15) is 155 Å². The summed E-state index contributed by atoms with van der Waals surface area (Å²) in [4.78, 5) is 89.2. The van der Waals surface area contributed by atoms with Gasteiger partial charge >= 0.3 is 71.7 Å². The third-order valence-corrected chi connectivity index (χ3v) is 12.0. The Morgan fingerprint density at radius 3 is 1.15 bits per heavy atom. The second-order valence-electron chi connectivity index (χ2n) is 21.7. The SMILES string of the molecule is C.C.C.CC(C)(C)c1ccc(-c2cnc(C(=O)O)c(N)n2)cc1.CC(C)(C)c1ccc(B(O)O)cc1.COC(=O)c1ncc(-c2ccc(C(C)(C)C)cc2)nc1N.COC(=O)c1ncc(Cl)nc1N.COC(=O)c1nccn(O)c1=N.COC(=O)c1nccnc1N.O=P(Cl)(Cl)Cl.[2H]CF.[Na+].[OH-]. The molecule has 8 aromatic rings. The number of anilines is 4. The molecule has 30 nitrogen and oxygen atoms in total. The van der Waals surface area contributed by atoms with E-state index in [0.717, 1.165) is 17.3 Å². The molecule has 3 aromatic carbocycles. The van der Waals surface area contributed by atoms with Crippen molar-refractivity contribution in [1.82, 2.24) is 49.6 Å². The van der Waals surface area contributed by atoms with Crippen LogP contribution < -0.4 is 63.4 Å². The number of alkyl halides is 1. The van der Waals surface area contributed by atoms with Gasteiger partial charge in [0, 0.05) is 29.7 Å². The molecule has 0 radical (unpaired) electrons. The number of carbonyl (C=O) groups is 5. The van der Waals surface area contributed by atoms with Crippen LogP contribution >= 0.6 is 50.5 Å². The fourth-order valence-corrected chi connectivity index (χ4v) is 6.98. The molecule has 0 aliphatic carbocycles. The summed E-state index contributed by atoms with van der Waals surface area (Å²) in [5.74, 6) is -3.67. The van der Waals surface area contributed by atoms with Crippen molar-refractivity contribution in [3.8, 4) is 22.5 Å². The number of carboxylic acid groups (broad SMARTS) is 1. The number of carbonyl (C=O) groups excluding carboxylic acids is 4. The van der Waals surface area contributed by atoms with Gasteiger partial charge in [-0.3, -0.25) is 14.4 Å². The predicted molar refractivity (Wildman–Crippen MR) is 386 cm³/mol. The summed E-state index contributed by atoms with van der Waals surface area (Å²) in [5, 5.41) is 39.6. The number of carboxylic acids is 1. The van der Waals surface area contributed by atoms with Crippen molar-refractivity contribution >= 4 is 116 Å². The number of ether oxygens (including phenoxy) is 4. The fraction of sp³-hybridized carbons (Fsp3) is 0.317. The smallest absolute Gasteiger partial charge is 0.870 e. The van der Waals surface area contributed by atoms with E-state index in [1.165, 1.54) is 82.3 Å². The predicted octanol–water partition coefficient (Wildman–Crippen LogP) is 8.06. The van der Waals surface area contributed by atoms with Gasteiger partial charge in [-0.15, -0.1) is 0 Å². The quantitative estimate of drug-likeness (QED) is 0.0228. The van der Waals surface area contributed by atoms with Crippen molar-refractivity contribution in [3.63, 3.8) is 0 Å². The molecule has 5 heterocycles. The summed E-state index contributed by atoms with van der Waals surface area (Å²) in [6, 6.07) is 23.3. The molecule has 0 saturated heterocycles. The first-order valence-corrected chi connectivity index (χ1v) is 32.0. The van der Waals surface area contributed by atoms with Crippen LogP contribution in [-0.2, 0) is 39.8 Å². The zero-order valence-electron chi connectivity index (χ0n) is 56.7. The van der Waals surface area contributed by atoms with Crippen molar-refractivity contribution in [2.24, 2.45) is 0 Å². The number of rotatable bonds is 8. The van der Waals surface area contributed by atoms with Crippen LogP contribution in [0.3, 0.4) is 0 Å². The number of methoxy groups -OCH3 is 4. The minimum Gasteiger partial charge on any atom is -0.870 e. The molecule has 14 N–H and O–H groups in total. The van der Waals surface area contributed by atoms with E-state index in [-0.39, 0.29) is 130 Å². The van der Waals surface area contributed by atoms with Crippen molar-refractivity contribution in [1.29, 1.82) is 5.41 Å². The number of hydrogen-bond acceptors (Lipinski definition) is 28. The Kier molecular flexibility index (Phi) is 46.5. The van der Waals surface area contributed by atoms with Crippen LogP contribution in [0.2, 0.25) is 5.15 Å². The maximum absolute atomic E-state index is 11.4. The van der Waals surface area contributed by atoms with Crippen molar-refractivity contribution in [2.75, 3.05) is 58.5 Å². The number of benzene rings is 3. The van der Waals surface area contributed by atoms with Gasteiger partial charge in [0.2, 0.25) is 0 Å². The molecule has 0 bridgehead atoms. The number of aromatic carboxylic acids is 1. The minimum atomic E-state index is -3.22. The Morgan fingerprint density at radius 1 is 0.545 bits per heavy atom. The van der Waals surface area contributed by atoms with Crippen LogP contribution in [0.4, 0.5) is 27.7 Å². The van der Waals surface area contributed by atoms with Crippen molar-refractivity contribution < 1.29 is 109 Å². The number of nitrogen functional groups attached to an aromatic ring is 4. The van der Waals surface area contributed by atoms with Crippen LogP contribution in [0.25, 0.3) is 22.5 Å². The summed E-state index contributed by atoms with van der Waals surface area (Å²) < 4.78 is 43.2. The minimum absolute atomic E-state index is 0. The number of nitrogens with two attached hydrogens (primary N) is 4. The second-order valence-corrected chi connectivity index (χ2v) is 28.8. The van der Waals surface area contributed by atoms with Gasteiger partial charge in [-0.2, -0.15) is 4.73 Å². The standard InChI is InChI=1S/C16H19N3O2.C15H17N3O2.C10H15BO2.C6H6ClN3O2.C6H7N3O3.C6H7N3O2.CH3F.3CH4.Cl3OP.Na.H2O/c1-16(2,3)11-7-5-10(6-8-11)12-9-18-13(14(17)19-12)15(20)21-4;1-15(2,3)10-6-4-9(5-7-10)11-8-17-12(14(19)20)13(16)18-11;1-10(2,3)8-4-6-9(7-5-8)11(12)13;1-12-6(11)4-5(8)10-3(7)2-9-4;1-12-6(10)4-5(7)9(11)3-2-8-4;1-11-6(10)4-5(7)9-3-2-8-4;1-2;;;;1-5(2,3)4;;/h5-9H,1-4H3,(H2,17,19);4-8H,1-3H3,(H2,16,18)(H,19,20);4-7,12-13H,1-3H3;2H,1H3,(H2,8,10);2-3,7,11H,1H3;2-3H,1H3,(H2,7,9);1H3;3*1H4;;;1H2/q;;;;;;;;;;;+1;/p-1/i;;;;;;1D;;;;;;. The average Bonchev–Trinajstić information content (AvgIpc) is 0.824. The number of halogens is 5. The molecule has 0 fully saturated rings. The monoisotopic (exact) mass is 1520 g/mol. The first-order valence-electron chi connectivity index (χ1n) is 27.9. The number of esters is 4. The first kappa shape index (κ1) is 98.9. The van der Waals surface area contributed by atoms with Crippen molar-refractivity contribution in [3.05, 3.63) is 172 Å². The van der Waals surface area contributed by atoms with Gasteiger partial charge < -0.3 is 67.7 Å². The Balaban J connectivity index is -0.000000363. The van der Waals surface area contributed by atoms with Gasteiger partial charge in [-0.25, -0.2) is 68.8 Å². The van der Waals surface area contributed by atoms with Gasteiger partial charge in [-0.05, 0) is 72.1 Å². The van der Waals surface area contributed by atoms with Gasteiger partial charge in [0.25, 0.3) is 0 Å². The van der Waals surface area contributed by atoms with E-state index in [0.29, 0.717) is 21.6 Å². The molecule has 0 unspecified atom stereocenters. The maximum Gasteiger partial charge on any atom is 1.00 e. The molecule has 0 saturated carbocycles. The fourth-order valence-electron chi connectivity index (χ4n) is 6.84. The van der Waals surface area contributed by atoms with Crippen LogP contribution in [0.5, 0.6) is 0 Å². The molecule has 0 amide bonds. The Hall–Kier alpha value is -8.53. The van der Waals surface area contributed by atoms with Crippen LogP contribution in [0, 0.1) is 5.41 Å². The Bertz CT molecular complexity index is 4010. The molecule has 0 aliphatic heterocycles. The summed E-state index contributed by atoms with van der Waals surface area (Å²) in [7, 11) is 2.59. The second kappa shape index (κ2) is 47.6. The number of hydrogen-bond donors (Lipinski definition) is 9. The summed E-state index contributed by atoms with van der Waals surface area (Å²) in [6.45, 7) is 19.3. The molecule has 0 spiro atoms. The third kappa shape index (κ3) is 35.6. The summed E-state index contributed by atoms with van der Waals surface area (Å²) >= 11 is 19.3. The largest absolute Gasteiger partial charge is 1.00 e. The van der Waals surface area contributed by atoms with E-state index in [1.54, 1.807) is 12.1 Å². The normalized spacial score (nSPS) is 10.1. The maximum atomic E-state index is 11.4. The molecule has 548 valence electrons. The van der Waals surface area contributed by atoms with E-state index < -0.39 is 54.8 Å². The number of aromatic nitrogens is 10. The van der Waals surface area contributed by atoms with Crippen LogP contribution in [0.15, 0.2) is 116 Å². The third-order valence-electron chi connectivity index (χ3n) is 11.8. The Morgan fingerprint density at radius 2 is 0.842 bits per heavy atom. The van der Waals surface area contributed by atoms with E-state index in [9.17, 15) is 32.9 Å². The van der Waals surface area contributed by atoms with Gasteiger partial charge in [0.05, 0.1) is 73.1 Å². The molecule has 0 atom stereocenters. The molecule has 5 aromatic heterocycles. The van der Waals surface area contributed by atoms with Gasteiger partial charge in [0.15, 0.2) is 57.2 Å². The molecular weight excluding hydrogens is 1430 g/mol. The summed E-state index contributed by atoms with van der Waals surface area (Å²) in [5.41, 5.74) is 28.6. The zero-order valence-corrected chi connectivity index (χ0v) is 61.6. The molecule has 38 heteroatoms. The van der Waals surface area contributed by atoms with Gasteiger partial charge in [0.1, 0.15) is 5.15 Å². The number of nitrogens with one attached hydrogen (secondary N) is 1. The van der Waals surface area contributed by atoms with E-state index in [4.69, 9.17) is 61.7 Å². The van der Waals surface area contributed by atoms with E-state index in [2.05, 4.69) is 172 Å².